The molecule has 1 aliphatic rings. The van der Waals surface area contributed by atoms with Gasteiger partial charge in [-0.25, -0.2) is 14.2 Å². The monoisotopic (exact) mass is 470 g/mol. The molecule has 4 rings (SSSR count). The molecule has 1 aliphatic heterocycles. The number of rotatable bonds is 4. The fourth-order valence-corrected chi connectivity index (χ4v) is 4.34. The fraction of sp³-hybridized carbons (Fsp3) is 0.250. The average molecular weight is 471 g/mol. The van der Waals surface area contributed by atoms with Crippen molar-refractivity contribution in [3.05, 3.63) is 79.4 Å². The van der Waals surface area contributed by atoms with Crippen LogP contribution in [0, 0.1) is 5.82 Å². The third kappa shape index (κ3) is 4.96. The standard InChI is InChI=1S/C20H15ClF4N4OS/c21-14-7-13(8-15(22)9-14)12-3-5-28(6-4-12)18-26-11-29(19(30)27-18)10-16-1-2-17(31-16)20(23,24)25/h1-3,7-9,11H,4-6,10H2. The number of aromatic nitrogens is 3. The Hall–Kier alpha value is -2.72. The Morgan fingerprint density at radius 2 is 2.00 bits per heavy atom. The zero-order valence-corrected chi connectivity index (χ0v) is 17.4. The van der Waals surface area contributed by atoms with E-state index in [4.69, 9.17) is 11.6 Å². The molecule has 1 aromatic carbocycles. The summed E-state index contributed by atoms with van der Waals surface area (Å²) >= 11 is 6.50. The van der Waals surface area contributed by atoms with Crippen molar-refractivity contribution in [2.75, 3.05) is 18.0 Å². The molecule has 0 aliphatic carbocycles. The summed E-state index contributed by atoms with van der Waals surface area (Å²) in [5.74, 6) is -0.179. The smallest absolute Gasteiger partial charge is 0.337 e. The second kappa shape index (κ2) is 8.43. The van der Waals surface area contributed by atoms with Crippen molar-refractivity contribution in [3.8, 4) is 0 Å². The van der Waals surface area contributed by atoms with Gasteiger partial charge in [-0.15, -0.1) is 11.3 Å². The first-order valence-electron chi connectivity index (χ1n) is 9.19. The molecule has 0 fully saturated rings. The molecule has 0 saturated carbocycles. The van der Waals surface area contributed by atoms with Gasteiger partial charge in [0.2, 0.25) is 5.95 Å². The van der Waals surface area contributed by atoms with Crippen LogP contribution < -0.4 is 10.6 Å². The lowest BCUT2D eigenvalue weighted by molar-refractivity contribution is -0.134. The molecule has 0 spiro atoms. The van der Waals surface area contributed by atoms with E-state index in [0.29, 0.717) is 46.3 Å². The molecule has 31 heavy (non-hydrogen) atoms. The molecule has 0 saturated heterocycles. The summed E-state index contributed by atoms with van der Waals surface area (Å²) in [6.45, 7) is 0.903. The number of alkyl halides is 3. The molecule has 2 aromatic heterocycles. The van der Waals surface area contributed by atoms with Crippen LogP contribution in [-0.2, 0) is 12.7 Å². The topological polar surface area (TPSA) is 51.0 Å². The Bertz CT molecular complexity index is 1180. The first-order chi connectivity index (χ1) is 14.7. The maximum atomic E-state index is 13.6. The Morgan fingerprint density at radius 3 is 2.61 bits per heavy atom. The highest BCUT2D eigenvalue weighted by Crippen LogP contribution is 2.34. The first-order valence-corrected chi connectivity index (χ1v) is 10.4. The summed E-state index contributed by atoms with van der Waals surface area (Å²) in [5.41, 5.74) is 1.04. The fourth-order valence-electron chi connectivity index (χ4n) is 3.25. The molecule has 0 atom stereocenters. The van der Waals surface area contributed by atoms with Crippen LogP contribution in [-0.4, -0.2) is 27.6 Å². The van der Waals surface area contributed by atoms with E-state index < -0.39 is 22.6 Å². The lowest BCUT2D eigenvalue weighted by atomic mass is 9.99. The summed E-state index contributed by atoms with van der Waals surface area (Å²) in [6, 6.07) is 6.68. The lowest BCUT2D eigenvalue weighted by Gasteiger charge is -2.26. The minimum absolute atomic E-state index is 0.0375. The quantitative estimate of drug-likeness (QED) is 0.511. The highest BCUT2D eigenvalue weighted by Gasteiger charge is 2.32. The number of halogens is 5. The molecule has 5 nitrogen and oxygen atoms in total. The van der Waals surface area contributed by atoms with E-state index in [1.807, 2.05) is 6.08 Å². The van der Waals surface area contributed by atoms with Crippen molar-refractivity contribution < 1.29 is 17.6 Å². The van der Waals surface area contributed by atoms with E-state index >= 15 is 0 Å². The maximum Gasteiger partial charge on any atom is 0.425 e. The van der Waals surface area contributed by atoms with Gasteiger partial charge >= 0.3 is 11.9 Å². The number of hydrogen-bond acceptors (Lipinski definition) is 5. The van der Waals surface area contributed by atoms with Crippen LogP contribution in [0.3, 0.4) is 0 Å². The zero-order valence-electron chi connectivity index (χ0n) is 15.9. The van der Waals surface area contributed by atoms with Crippen LogP contribution in [0.4, 0.5) is 23.5 Å². The molecule has 3 heterocycles. The summed E-state index contributed by atoms with van der Waals surface area (Å²) in [4.78, 5) is 22.0. The molecule has 3 aromatic rings. The van der Waals surface area contributed by atoms with Crippen LogP contribution in [0.5, 0.6) is 0 Å². The molecular weight excluding hydrogens is 456 g/mol. The van der Waals surface area contributed by atoms with Crippen molar-refractivity contribution >= 4 is 34.5 Å². The van der Waals surface area contributed by atoms with Crippen molar-refractivity contribution in [2.24, 2.45) is 0 Å². The Balaban J connectivity index is 1.47. The van der Waals surface area contributed by atoms with Crippen LogP contribution in [0.25, 0.3) is 5.57 Å². The van der Waals surface area contributed by atoms with Gasteiger partial charge in [0.25, 0.3) is 0 Å². The molecule has 0 amide bonds. The molecule has 11 heteroatoms. The minimum atomic E-state index is -4.41. The predicted octanol–water partition coefficient (Wildman–Crippen LogP) is 4.85. The third-order valence-corrected chi connectivity index (χ3v) is 6.08. The van der Waals surface area contributed by atoms with Crippen LogP contribution in [0.1, 0.15) is 21.7 Å². The van der Waals surface area contributed by atoms with E-state index in [9.17, 15) is 22.4 Å². The second-order valence-corrected chi connectivity index (χ2v) is 8.52. The van der Waals surface area contributed by atoms with E-state index in [1.54, 1.807) is 11.0 Å². The predicted molar refractivity (Wildman–Crippen MR) is 111 cm³/mol. The van der Waals surface area contributed by atoms with Crippen molar-refractivity contribution in [1.29, 1.82) is 0 Å². The zero-order chi connectivity index (χ0) is 22.2. The van der Waals surface area contributed by atoms with Gasteiger partial charge < -0.3 is 4.90 Å². The van der Waals surface area contributed by atoms with Crippen molar-refractivity contribution in [3.63, 3.8) is 0 Å². The number of benzene rings is 1. The highest BCUT2D eigenvalue weighted by atomic mass is 35.5. The summed E-state index contributed by atoms with van der Waals surface area (Å²) in [7, 11) is 0. The molecule has 0 unspecified atom stereocenters. The van der Waals surface area contributed by atoms with Crippen LogP contribution >= 0.6 is 22.9 Å². The van der Waals surface area contributed by atoms with Gasteiger partial charge in [0.15, 0.2) is 0 Å². The van der Waals surface area contributed by atoms with Gasteiger partial charge in [0.1, 0.15) is 17.0 Å². The first kappa shape index (κ1) is 21.5. The van der Waals surface area contributed by atoms with Gasteiger partial charge in [0.05, 0.1) is 6.54 Å². The van der Waals surface area contributed by atoms with Crippen LogP contribution in [0.15, 0.2) is 47.5 Å². The largest absolute Gasteiger partial charge is 0.425 e. The van der Waals surface area contributed by atoms with E-state index in [-0.39, 0.29) is 12.5 Å². The van der Waals surface area contributed by atoms with Gasteiger partial charge in [0, 0.05) is 23.0 Å². The van der Waals surface area contributed by atoms with Crippen molar-refractivity contribution in [1.82, 2.24) is 14.5 Å². The maximum absolute atomic E-state index is 13.6. The van der Waals surface area contributed by atoms with E-state index in [1.165, 1.54) is 24.5 Å². The normalized spacial score (nSPS) is 14.6. The Morgan fingerprint density at radius 1 is 1.19 bits per heavy atom. The molecule has 0 radical (unpaired) electrons. The SMILES string of the molecule is O=c1nc(N2CC=C(c3cc(F)cc(Cl)c3)CC2)ncn1Cc1ccc(C(F)(F)F)s1. The van der Waals surface area contributed by atoms with Gasteiger partial charge in [-0.05, 0) is 47.9 Å². The van der Waals surface area contributed by atoms with E-state index in [2.05, 4.69) is 9.97 Å². The summed E-state index contributed by atoms with van der Waals surface area (Å²) < 4.78 is 53.0. The molecule has 0 N–H and O–H groups in total. The molecule has 162 valence electrons. The number of anilines is 1. The molecule has 0 bridgehead atoms. The highest BCUT2D eigenvalue weighted by molar-refractivity contribution is 7.12. The van der Waals surface area contributed by atoms with Gasteiger partial charge in [-0.3, -0.25) is 4.57 Å². The number of thiophene rings is 1. The van der Waals surface area contributed by atoms with Crippen molar-refractivity contribution in [2.45, 2.75) is 19.1 Å². The number of hydrogen-bond donors (Lipinski definition) is 0. The Labute approximate surface area is 183 Å². The number of nitrogens with zero attached hydrogens (tertiary/aromatic N) is 4. The van der Waals surface area contributed by atoms with Gasteiger partial charge in [-0.1, -0.05) is 17.7 Å². The summed E-state index contributed by atoms with van der Waals surface area (Å²) in [6.07, 6.45) is -0.648. The second-order valence-electron chi connectivity index (χ2n) is 6.91. The molecular formula is C20H15ClF4N4OS. The Kier molecular flexibility index (Phi) is 5.85. The average Bonchev–Trinajstić information content (AvgIpc) is 3.18. The van der Waals surface area contributed by atoms with Gasteiger partial charge in [-0.2, -0.15) is 18.2 Å². The van der Waals surface area contributed by atoms with Crippen LogP contribution in [0.2, 0.25) is 5.02 Å². The lowest BCUT2D eigenvalue weighted by Crippen LogP contribution is -2.33. The third-order valence-electron chi connectivity index (χ3n) is 4.75. The summed E-state index contributed by atoms with van der Waals surface area (Å²) in [5, 5.41) is 0.318. The minimum Gasteiger partial charge on any atom is -0.337 e. The van der Waals surface area contributed by atoms with E-state index in [0.717, 1.165) is 16.2 Å².